The van der Waals surface area contributed by atoms with Gasteiger partial charge in [-0.15, -0.1) is 0 Å². The van der Waals surface area contributed by atoms with Crippen LogP contribution in [0, 0.1) is 17.2 Å². The topological polar surface area (TPSA) is 65.4 Å². The third-order valence-corrected chi connectivity index (χ3v) is 2.22. The van der Waals surface area contributed by atoms with E-state index in [2.05, 4.69) is 21.3 Å². The molecule has 0 radical (unpaired) electrons. The standard InChI is InChI=1S/C6H8N4S/c1-5(2-7)3-11-6-8-4-9-10-6/h4-5H,3H2,1H3,(H,8,9,10). The molecule has 1 aromatic heterocycles. The minimum absolute atomic E-state index is 0.0603. The van der Waals surface area contributed by atoms with Crippen molar-refractivity contribution in [2.24, 2.45) is 5.92 Å². The van der Waals surface area contributed by atoms with Gasteiger partial charge in [0.05, 0.1) is 12.0 Å². The first-order valence-electron chi connectivity index (χ1n) is 3.20. The number of hydrogen-bond donors (Lipinski definition) is 1. The van der Waals surface area contributed by atoms with E-state index in [0.29, 0.717) is 0 Å². The minimum atomic E-state index is 0.0603. The zero-order chi connectivity index (χ0) is 8.10. The second kappa shape index (κ2) is 3.98. The van der Waals surface area contributed by atoms with E-state index in [-0.39, 0.29) is 5.92 Å². The zero-order valence-corrected chi connectivity index (χ0v) is 6.93. The lowest BCUT2D eigenvalue weighted by Crippen LogP contribution is -1.93. The molecule has 0 aliphatic rings. The first kappa shape index (κ1) is 8.08. The Morgan fingerprint density at radius 2 is 2.73 bits per heavy atom. The molecule has 0 amide bonds. The SMILES string of the molecule is CC(C#N)CSc1ncn[nH]1. The van der Waals surface area contributed by atoms with Gasteiger partial charge in [-0.2, -0.15) is 10.4 Å². The van der Waals surface area contributed by atoms with Crippen molar-refractivity contribution in [2.75, 3.05) is 5.75 Å². The van der Waals surface area contributed by atoms with Crippen molar-refractivity contribution < 1.29 is 0 Å². The molecule has 0 fully saturated rings. The van der Waals surface area contributed by atoms with E-state index in [0.717, 1.165) is 10.9 Å². The van der Waals surface area contributed by atoms with Gasteiger partial charge in [-0.1, -0.05) is 11.8 Å². The Labute approximate surface area is 69.0 Å². The molecule has 1 rings (SSSR count). The normalized spacial score (nSPS) is 12.4. The molecule has 58 valence electrons. The van der Waals surface area contributed by atoms with Gasteiger partial charge >= 0.3 is 0 Å². The van der Waals surface area contributed by atoms with E-state index < -0.39 is 0 Å². The summed E-state index contributed by atoms with van der Waals surface area (Å²) in [5, 5.41) is 15.6. The Kier molecular flexibility index (Phi) is 2.93. The van der Waals surface area contributed by atoms with Crippen LogP contribution in [0.3, 0.4) is 0 Å². The summed E-state index contributed by atoms with van der Waals surface area (Å²) in [6.45, 7) is 1.88. The lowest BCUT2D eigenvalue weighted by Gasteiger charge is -1.96. The molecule has 0 saturated heterocycles. The third-order valence-electron chi connectivity index (χ3n) is 1.08. The number of aromatic amines is 1. The summed E-state index contributed by atoms with van der Waals surface area (Å²) in [6.07, 6.45) is 1.46. The Morgan fingerprint density at radius 1 is 1.91 bits per heavy atom. The maximum absolute atomic E-state index is 8.45. The predicted octanol–water partition coefficient (Wildman–Crippen LogP) is 1.06. The van der Waals surface area contributed by atoms with Crippen LogP contribution in [0.5, 0.6) is 0 Å². The van der Waals surface area contributed by atoms with Crippen molar-refractivity contribution in [2.45, 2.75) is 12.1 Å². The molecule has 0 spiro atoms. The van der Waals surface area contributed by atoms with Crippen molar-refractivity contribution in [3.8, 4) is 6.07 Å². The second-order valence-corrected chi connectivity index (χ2v) is 3.14. The van der Waals surface area contributed by atoms with Gasteiger partial charge in [-0.3, -0.25) is 5.10 Å². The van der Waals surface area contributed by atoms with Crippen LogP contribution < -0.4 is 0 Å². The van der Waals surface area contributed by atoms with E-state index in [1.54, 1.807) is 0 Å². The van der Waals surface area contributed by atoms with E-state index in [4.69, 9.17) is 5.26 Å². The Balaban J connectivity index is 2.30. The van der Waals surface area contributed by atoms with E-state index >= 15 is 0 Å². The molecular formula is C6H8N4S. The van der Waals surface area contributed by atoms with Gasteiger partial charge in [0.2, 0.25) is 0 Å². The predicted molar refractivity (Wildman–Crippen MR) is 41.9 cm³/mol. The summed E-state index contributed by atoms with van der Waals surface area (Å²) in [6, 6.07) is 2.14. The number of aromatic nitrogens is 3. The molecule has 1 atom stereocenters. The number of nitriles is 1. The minimum Gasteiger partial charge on any atom is -0.254 e. The molecule has 1 aromatic rings. The van der Waals surface area contributed by atoms with E-state index in [9.17, 15) is 0 Å². The van der Waals surface area contributed by atoms with Crippen LogP contribution in [0.4, 0.5) is 0 Å². The van der Waals surface area contributed by atoms with Crippen LogP contribution in [0.25, 0.3) is 0 Å². The van der Waals surface area contributed by atoms with Crippen molar-refractivity contribution in [1.82, 2.24) is 15.2 Å². The summed E-state index contributed by atoms with van der Waals surface area (Å²) in [5.74, 6) is 0.816. The number of thioether (sulfide) groups is 1. The monoisotopic (exact) mass is 168 g/mol. The van der Waals surface area contributed by atoms with Gasteiger partial charge in [-0.25, -0.2) is 4.98 Å². The Morgan fingerprint density at radius 3 is 3.27 bits per heavy atom. The lowest BCUT2D eigenvalue weighted by atomic mass is 10.3. The van der Waals surface area contributed by atoms with Crippen LogP contribution in [0.1, 0.15) is 6.92 Å². The summed E-state index contributed by atoms with van der Waals surface area (Å²) in [7, 11) is 0. The summed E-state index contributed by atoms with van der Waals surface area (Å²) in [4.78, 5) is 3.91. The van der Waals surface area contributed by atoms with Crippen LogP contribution in [0.2, 0.25) is 0 Å². The summed E-state index contributed by atoms with van der Waals surface area (Å²) in [5.41, 5.74) is 0. The van der Waals surface area contributed by atoms with Crippen molar-refractivity contribution >= 4 is 11.8 Å². The van der Waals surface area contributed by atoms with Gasteiger partial charge in [0, 0.05) is 5.75 Å². The highest BCUT2D eigenvalue weighted by Crippen LogP contribution is 2.14. The fourth-order valence-electron chi connectivity index (χ4n) is 0.505. The Bertz CT molecular complexity index is 238. The smallest absolute Gasteiger partial charge is 0.183 e. The Hall–Kier alpha value is -1.02. The van der Waals surface area contributed by atoms with Crippen LogP contribution >= 0.6 is 11.8 Å². The van der Waals surface area contributed by atoms with E-state index in [1.165, 1.54) is 18.1 Å². The molecule has 0 saturated carbocycles. The summed E-state index contributed by atoms with van der Waals surface area (Å²) < 4.78 is 0. The van der Waals surface area contributed by atoms with Gasteiger partial charge in [0.25, 0.3) is 0 Å². The van der Waals surface area contributed by atoms with Gasteiger partial charge in [0.1, 0.15) is 6.33 Å². The maximum atomic E-state index is 8.45. The molecule has 1 heterocycles. The van der Waals surface area contributed by atoms with Crippen molar-refractivity contribution in [3.63, 3.8) is 0 Å². The first-order chi connectivity index (χ1) is 5.33. The fourth-order valence-corrected chi connectivity index (χ4v) is 1.23. The summed E-state index contributed by atoms with van der Waals surface area (Å²) >= 11 is 1.51. The first-order valence-corrected chi connectivity index (χ1v) is 4.19. The highest BCUT2D eigenvalue weighted by atomic mass is 32.2. The molecule has 0 bridgehead atoms. The molecular weight excluding hydrogens is 160 g/mol. The second-order valence-electron chi connectivity index (χ2n) is 2.13. The van der Waals surface area contributed by atoms with Crippen LogP contribution in [-0.4, -0.2) is 20.9 Å². The van der Waals surface area contributed by atoms with Gasteiger partial charge < -0.3 is 0 Å². The zero-order valence-electron chi connectivity index (χ0n) is 6.11. The van der Waals surface area contributed by atoms with Crippen molar-refractivity contribution in [1.29, 1.82) is 5.26 Å². The molecule has 0 aliphatic carbocycles. The molecule has 0 aromatic carbocycles. The van der Waals surface area contributed by atoms with Gasteiger partial charge in [-0.05, 0) is 6.92 Å². The van der Waals surface area contributed by atoms with Crippen LogP contribution in [-0.2, 0) is 0 Å². The molecule has 1 unspecified atom stereocenters. The number of nitrogens with one attached hydrogen (secondary N) is 1. The fraction of sp³-hybridized carbons (Fsp3) is 0.500. The maximum Gasteiger partial charge on any atom is 0.183 e. The molecule has 1 N–H and O–H groups in total. The number of hydrogen-bond acceptors (Lipinski definition) is 4. The lowest BCUT2D eigenvalue weighted by molar-refractivity contribution is 0.857. The average Bonchev–Trinajstić information content (AvgIpc) is 2.52. The molecule has 5 heteroatoms. The highest BCUT2D eigenvalue weighted by Gasteiger charge is 2.01. The van der Waals surface area contributed by atoms with E-state index in [1.807, 2.05) is 6.92 Å². The molecule has 4 nitrogen and oxygen atoms in total. The number of nitrogens with zero attached hydrogens (tertiary/aromatic N) is 3. The third kappa shape index (κ3) is 2.60. The highest BCUT2D eigenvalue weighted by molar-refractivity contribution is 7.99. The number of H-pyrrole nitrogens is 1. The average molecular weight is 168 g/mol. The van der Waals surface area contributed by atoms with Crippen LogP contribution in [0.15, 0.2) is 11.5 Å². The molecule has 0 aliphatic heterocycles. The molecule has 11 heavy (non-hydrogen) atoms. The largest absolute Gasteiger partial charge is 0.254 e. The van der Waals surface area contributed by atoms with Crippen molar-refractivity contribution in [3.05, 3.63) is 6.33 Å². The number of rotatable bonds is 3. The quantitative estimate of drug-likeness (QED) is 0.685. The van der Waals surface area contributed by atoms with Gasteiger partial charge in [0.15, 0.2) is 5.16 Å².